The van der Waals surface area contributed by atoms with Crippen LogP contribution in [0.1, 0.15) is 13.3 Å². The standard InChI is InChI=1S/C9H16N2O3/c1-9(8(12)13-2)5-7-6-10-3-4-11(7)14-9/h7,10H,3-6H2,1-2H3/t7-,9+/m1/s1. The number of carbonyl (C=O) groups is 1. The van der Waals surface area contributed by atoms with Crippen molar-refractivity contribution in [3.8, 4) is 0 Å². The molecule has 2 heterocycles. The molecule has 0 aliphatic carbocycles. The Morgan fingerprint density at radius 3 is 3.14 bits per heavy atom. The maximum Gasteiger partial charge on any atom is 0.340 e. The topological polar surface area (TPSA) is 50.8 Å². The van der Waals surface area contributed by atoms with Crippen LogP contribution in [0.3, 0.4) is 0 Å². The lowest BCUT2D eigenvalue weighted by Gasteiger charge is -2.28. The zero-order chi connectivity index (χ0) is 10.2. The summed E-state index contributed by atoms with van der Waals surface area (Å²) in [6, 6.07) is 0.299. The van der Waals surface area contributed by atoms with Crippen LogP contribution < -0.4 is 5.32 Å². The Bertz CT molecular complexity index is 230. The minimum atomic E-state index is -0.786. The monoisotopic (exact) mass is 200 g/mol. The SMILES string of the molecule is COC(=O)[C@]1(C)C[C@@H]2CNCCN2O1. The van der Waals surface area contributed by atoms with Crippen LogP contribution in [0.15, 0.2) is 0 Å². The van der Waals surface area contributed by atoms with Crippen molar-refractivity contribution >= 4 is 5.97 Å². The molecule has 0 unspecified atom stereocenters. The Hall–Kier alpha value is -0.650. The molecule has 0 radical (unpaired) electrons. The van der Waals surface area contributed by atoms with Crippen LogP contribution in [0.2, 0.25) is 0 Å². The van der Waals surface area contributed by atoms with E-state index in [4.69, 9.17) is 9.57 Å². The summed E-state index contributed by atoms with van der Waals surface area (Å²) in [6.07, 6.45) is 0.701. The van der Waals surface area contributed by atoms with Crippen molar-refractivity contribution in [3.63, 3.8) is 0 Å². The van der Waals surface area contributed by atoms with Crippen LogP contribution >= 0.6 is 0 Å². The van der Waals surface area contributed by atoms with E-state index in [1.165, 1.54) is 7.11 Å². The van der Waals surface area contributed by atoms with Crippen molar-refractivity contribution < 1.29 is 14.4 Å². The molecule has 0 aromatic heterocycles. The van der Waals surface area contributed by atoms with E-state index in [0.29, 0.717) is 12.5 Å². The largest absolute Gasteiger partial charge is 0.467 e. The van der Waals surface area contributed by atoms with Crippen molar-refractivity contribution in [1.82, 2.24) is 10.4 Å². The van der Waals surface area contributed by atoms with Gasteiger partial charge >= 0.3 is 5.97 Å². The van der Waals surface area contributed by atoms with Gasteiger partial charge in [0.25, 0.3) is 0 Å². The second kappa shape index (κ2) is 3.49. The molecule has 0 saturated carbocycles. The molecule has 2 rings (SSSR count). The molecule has 80 valence electrons. The van der Waals surface area contributed by atoms with Crippen LogP contribution in [0.4, 0.5) is 0 Å². The fraction of sp³-hybridized carbons (Fsp3) is 0.889. The second-order valence-corrected chi connectivity index (χ2v) is 4.02. The van der Waals surface area contributed by atoms with Crippen LogP contribution in [0.25, 0.3) is 0 Å². The third-order valence-electron chi connectivity index (χ3n) is 2.86. The highest BCUT2D eigenvalue weighted by Gasteiger charge is 2.49. The predicted molar refractivity (Wildman–Crippen MR) is 49.5 cm³/mol. The van der Waals surface area contributed by atoms with E-state index < -0.39 is 5.60 Å². The van der Waals surface area contributed by atoms with Gasteiger partial charge in [0.1, 0.15) is 0 Å². The molecule has 14 heavy (non-hydrogen) atoms. The van der Waals surface area contributed by atoms with Crippen molar-refractivity contribution in [2.24, 2.45) is 0 Å². The molecule has 0 bridgehead atoms. The second-order valence-electron chi connectivity index (χ2n) is 4.02. The summed E-state index contributed by atoms with van der Waals surface area (Å²) in [5.74, 6) is -0.285. The van der Waals surface area contributed by atoms with E-state index in [2.05, 4.69) is 5.32 Å². The number of esters is 1. The lowest BCUT2D eigenvalue weighted by atomic mass is 9.98. The van der Waals surface area contributed by atoms with Crippen molar-refractivity contribution in [3.05, 3.63) is 0 Å². The number of nitrogens with one attached hydrogen (secondary N) is 1. The molecule has 5 heteroatoms. The fourth-order valence-electron chi connectivity index (χ4n) is 2.12. The van der Waals surface area contributed by atoms with Gasteiger partial charge in [-0.15, -0.1) is 0 Å². The third-order valence-corrected chi connectivity index (χ3v) is 2.86. The molecule has 2 atom stereocenters. The van der Waals surface area contributed by atoms with Crippen LogP contribution in [-0.2, 0) is 14.4 Å². The summed E-state index contributed by atoms with van der Waals surface area (Å²) < 4.78 is 4.73. The molecule has 0 spiro atoms. The lowest BCUT2D eigenvalue weighted by molar-refractivity contribution is -0.216. The van der Waals surface area contributed by atoms with Gasteiger partial charge in [0.15, 0.2) is 5.60 Å². The molecular weight excluding hydrogens is 184 g/mol. The first-order valence-electron chi connectivity index (χ1n) is 4.90. The first-order chi connectivity index (χ1) is 6.65. The highest BCUT2D eigenvalue weighted by molar-refractivity contribution is 5.79. The van der Waals surface area contributed by atoms with Gasteiger partial charge in [-0.1, -0.05) is 0 Å². The molecule has 2 saturated heterocycles. The number of hydrogen-bond donors (Lipinski definition) is 1. The first kappa shape index (κ1) is 9.89. The maximum atomic E-state index is 11.5. The zero-order valence-electron chi connectivity index (χ0n) is 8.58. The minimum Gasteiger partial charge on any atom is -0.467 e. The lowest BCUT2D eigenvalue weighted by Crippen LogP contribution is -2.47. The van der Waals surface area contributed by atoms with Gasteiger partial charge in [-0.3, -0.25) is 4.84 Å². The van der Waals surface area contributed by atoms with Crippen LogP contribution in [-0.4, -0.2) is 49.4 Å². The van der Waals surface area contributed by atoms with Gasteiger partial charge in [0.2, 0.25) is 0 Å². The quantitative estimate of drug-likeness (QED) is 0.580. The Labute approximate surface area is 83.3 Å². The minimum absolute atomic E-state index is 0.285. The molecule has 1 N–H and O–H groups in total. The van der Waals surface area contributed by atoms with Gasteiger partial charge in [-0.25, -0.2) is 4.79 Å². The fourth-order valence-corrected chi connectivity index (χ4v) is 2.12. The van der Waals surface area contributed by atoms with Gasteiger partial charge in [0, 0.05) is 26.1 Å². The molecular formula is C9H16N2O3. The highest BCUT2D eigenvalue weighted by atomic mass is 16.7. The Morgan fingerprint density at radius 2 is 2.50 bits per heavy atom. The van der Waals surface area contributed by atoms with Crippen molar-refractivity contribution in [1.29, 1.82) is 0 Å². The number of nitrogens with zero attached hydrogens (tertiary/aromatic N) is 1. The Balaban J connectivity index is 2.07. The maximum absolute atomic E-state index is 11.5. The summed E-state index contributed by atoms with van der Waals surface area (Å²) >= 11 is 0. The van der Waals surface area contributed by atoms with Crippen LogP contribution in [0.5, 0.6) is 0 Å². The summed E-state index contributed by atoms with van der Waals surface area (Å²) in [5.41, 5.74) is -0.786. The van der Waals surface area contributed by atoms with E-state index >= 15 is 0 Å². The molecule has 0 aromatic carbocycles. The van der Waals surface area contributed by atoms with Crippen molar-refractivity contribution in [2.45, 2.75) is 25.0 Å². The molecule has 2 aliphatic rings. The van der Waals surface area contributed by atoms with Gasteiger partial charge in [0.05, 0.1) is 13.2 Å². The number of piperazine rings is 1. The van der Waals surface area contributed by atoms with E-state index in [1.54, 1.807) is 6.92 Å². The van der Waals surface area contributed by atoms with Crippen molar-refractivity contribution in [2.75, 3.05) is 26.7 Å². The zero-order valence-corrected chi connectivity index (χ0v) is 8.58. The Morgan fingerprint density at radius 1 is 1.71 bits per heavy atom. The number of hydrogen-bond acceptors (Lipinski definition) is 5. The summed E-state index contributed by atoms with van der Waals surface area (Å²) in [5, 5.41) is 5.17. The number of ether oxygens (including phenoxy) is 1. The molecule has 5 nitrogen and oxygen atoms in total. The predicted octanol–water partition coefficient (Wildman–Crippen LogP) is -0.473. The molecule has 0 aromatic rings. The number of rotatable bonds is 1. The summed E-state index contributed by atoms with van der Waals surface area (Å²) in [6.45, 7) is 4.41. The average molecular weight is 200 g/mol. The average Bonchev–Trinajstić information content (AvgIpc) is 2.54. The van der Waals surface area contributed by atoms with Crippen LogP contribution in [0, 0.1) is 0 Å². The third kappa shape index (κ3) is 1.51. The number of carbonyl (C=O) groups excluding carboxylic acids is 1. The summed E-state index contributed by atoms with van der Waals surface area (Å²) in [4.78, 5) is 17.1. The van der Waals surface area contributed by atoms with E-state index in [1.807, 2.05) is 5.06 Å². The highest BCUT2D eigenvalue weighted by Crippen LogP contribution is 2.32. The molecule has 0 amide bonds. The normalized spacial score (nSPS) is 38.0. The molecule has 2 fully saturated rings. The van der Waals surface area contributed by atoms with E-state index in [9.17, 15) is 4.79 Å². The Kier molecular flexibility index (Phi) is 2.47. The van der Waals surface area contributed by atoms with E-state index in [0.717, 1.165) is 19.6 Å². The van der Waals surface area contributed by atoms with Gasteiger partial charge < -0.3 is 10.1 Å². The molecule has 2 aliphatic heterocycles. The number of methoxy groups -OCH3 is 1. The number of fused-ring (bicyclic) bond motifs is 1. The van der Waals surface area contributed by atoms with E-state index in [-0.39, 0.29) is 5.97 Å². The van der Waals surface area contributed by atoms with Gasteiger partial charge in [-0.05, 0) is 6.92 Å². The first-order valence-corrected chi connectivity index (χ1v) is 4.90. The van der Waals surface area contributed by atoms with Gasteiger partial charge in [-0.2, -0.15) is 5.06 Å². The smallest absolute Gasteiger partial charge is 0.340 e. The number of hydroxylamine groups is 2. The summed E-state index contributed by atoms with van der Waals surface area (Å²) in [7, 11) is 1.40.